The highest BCUT2D eigenvalue weighted by Crippen LogP contribution is 2.58. The molecule has 1 atom stereocenters. The summed E-state index contributed by atoms with van der Waals surface area (Å²) in [6, 6.07) is 6.40. The van der Waals surface area contributed by atoms with Gasteiger partial charge in [0.05, 0.1) is 12.6 Å². The van der Waals surface area contributed by atoms with Gasteiger partial charge >= 0.3 is 0 Å². The Balaban J connectivity index is 1.40. The average molecular weight is 442 g/mol. The summed E-state index contributed by atoms with van der Waals surface area (Å²) in [5.41, 5.74) is 0.916. The molecule has 174 valence electrons. The Labute approximate surface area is 190 Å². The lowest BCUT2D eigenvalue weighted by molar-refractivity contribution is -0.154. The summed E-state index contributed by atoms with van der Waals surface area (Å²) in [6.45, 7) is 1.62. The van der Waals surface area contributed by atoms with Crippen molar-refractivity contribution in [3.8, 4) is 0 Å². The molecule has 5 fully saturated rings. The summed E-state index contributed by atoms with van der Waals surface area (Å²) in [5, 5.41) is 0. The molecular weight excluding hydrogens is 405 g/mol. The summed E-state index contributed by atoms with van der Waals surface area (Å²) in [5.74, 6) is 2.19. The third kappa shape index (κ3) is 4.07. The van der Waals surface area contributed by atoms with E-state index < -0.39 is 0 Å². The first kappa shape index (κ1) is 21.9. The van der Waals surface area contributed by atoms with Gasteiger partial charge in [0.1, 0.15) is 5.82 Å². The van der Waals surface area contributed by atoms with Gasteiger partial charge in [-0.2, -0.15) is 0 Å². The Bertz CT molecular complexity index is 833. The third-order valence-electron chi connectivity index (χ3n) is 8.56. The SMILES string of the molecule is CN(C)C(=O)C1CCCN1CC(=O)N(Cc1ccc(F)cc1)C12CC3CC(CC(C3)C1)C2. The number of hydrogen-bond donors (Lipinski definition) is 0. The van der Waals surface area contributed by atoms with Crippen LogP contribution < -0.4 is 0 Å². The predicted octanol–water partition coefficient (Wildman–Crippen LogP) is 3.68. The molecule has 5 aliphatic rings. The van der Waals surface area contributed by atoms with Gasteiger partial charge < -0.3 is 9.80 Å². The van der Waals surface area contributed by atoms with Crippen molar-refractivity contribution in [2.24, 2.45) is 17.8 Å². The van der Waals surface area contributed by atoms with E-state index in [1.165, 1.54) is 31.4 Å². The quantitative estimate of drug-likeness (QED) is 0.677. The minimum Gasteiger partial charge on any atom is -0.347 e. The van der Waals surface area contributed by atoms with E-state index in [-0.39, 0.29) is 29.2 Å². The molecule has 32 heavy (non-hydrogen) atoms. The zero-order valence-electron chi connectivity index (χ0n) is 19.4. The monoisotopic (exact) mass is 441 g/mol. The Hall–Kier alpha value is -1.95. The van der Waals surface area contributed by atoms with Gasteiger partial charge in [-0.1, -0.05) is 12.1 Å². The first-order valence-electron chi connectivity index (χ1n) is 12.3. The maximum absolute atomic E-state index is 13.9. The second-order valence-electron chi connectivity index (χ2n) is 11.1. The summed E-state index contributed by atoms with van der Waals surface area (Å²) >= 11 is 0. The van der Waals surface area contributed by atoms with Gasteiger partial charge in [-0.15, -0.1) is 0 Å². The maximum atomic E-state index is 13.9. The Morgan fingerprint density at radius 2 is 1.62 bits per heavy atom. The molecule has 0 spiro atoms. The topological polar surface area (TPSA) is 43.9 Å². The minimum atomic E-state index is -0.247. The van der Waals surface area contributed by atoms with Gasteiger partial charge in [0.25, 0.3) is 0 Å². The lowest BCUT2D eigenvalue weighted by Gasteiger charge is -2.60. The number of nitrogens with zero attached hydrogens (tertiary/aromatic N) is 3. The Morgan fingerprint density at radius 3 is 2.19 bits per heavy atom. The van der Waals surface area contributed by atoms with Crippen LogP contribution in [-0.4, -0.2) is 65.3 Å². The number of halogens is 1. The van der Waals surface area contributed by atoms with Crippen molar-refractivity contribution in [3.05, 3.63) is 35.6 Å². The first-order valence-corrected chi connectivity index (χ1v) is 12.3. The molecule has 1 saturated heterocycles. The number of amides is 2. The van der Waals surface area contributed by atoms with E-state index in [2.05, 4.69) is 9.80 Å². The lowest BCUT2D eigenvalue weighted by atomic mass is 9.52. The molecule has 6 rings (SSSR count). The molecule has 0 N–H and O–H groups in total. The molecule has 2 amide bonds. The summed E-state index contributed by atoms with van der Waals surface area (Å²) < 4.78 is 13.5. The molecule has 1 aliphatic heterocycles. The van der Waals surface area contributed by atoms with E-state index in [0.29, 0.717) is 13.1 Å². The van der Waals surface area contributed by atoms with Crippen molar-refractivity contribution in [2.45, 2.75) is 69.5 Å². The molecule has 4 saturated carbocycles. The number of carbonyl (C=O) groups excluding carboxylic acids is 2. The van der Waals surface area contributed by atoms with Gasteiger partial charge in [0.2, 0.25) is 11.8 Å². The molecule has 1 heterocycles. The summed E-state index contributed by atoms with van der Waals surface area (Å²) in [6.07, 6.45) is 9.05. The zero-order valence-corrected chi connectivity index (χ0v) is 19.4. The third-order valence-corrected chi connectivity index (χ3v) is 8.56. The number of benzene rings is 1. The normalized spacial score (nSPS) is 33.5. The fraction of sp³-hybridized carbons (Fsp3) is 0.692. The van der Waals surface area contributed by atoms with Crippen molar-refractivity contribution in [1.82, 2.24) is 14.7 Å². The van der Waals surface area contributed by atoms with Crippen LogP contribution in [0.25, 0.3) is 0 Å². The van der Waals surface area contributed by atoms with Crippen LogP contribution in [0.1, 0.15) is 56.9 Å². The Kier molecular flexibility index (Phi) is 5.77. The molecule has 5 nitrogen and oxygen atoms in total. The van der Waals surface area contributed by atoms with Crippen LogP contribution in [0.2, 0.25) is 0 Å². The van der Waals surface area contributed by atoms with Gasteiger partial charge in [0.15, 0.2) is 0 Å². The van der Waals surface area contributed by atoms with Crippen LogP contribution in [0, 0.1) is 23.6 Å². The average Bonchev–Trinajstić information content (AvgIpc) is 3.19. The maximum Gasteiger partial charge on any atom is 0.239 e. The van der Waals surface area contributed by atoms with Gasteiger partial charge in [-0.3, -0.25) is 14.5 Å². The van der Waals surface area contributed by atoms with Crippen molar-refractivity contribution >= 4 is 11.8 Å². The zero-order chi connectivity index (χ0) is 22.5. The molecule has 4 bridgehead atoms. The van der Waals surface area contributed by atoms with Crippen LogP contribution >= 0.6 is 0 Å². The van der Waals surface area contributed by atoms with Crippen LogP contribution in [-0.2, 0) is 16.1 Å². The number of rotatable bonds is 6. The summed E-state index contributed by atoms with van der Waals surface area (Å²) in [4.78, 5) is 32.5. The highest BCUT2D eigenvalue weighted by Gasteiger charge is 2.54. The molecule has 0 radical (unpaired) electrons. The number of likely N-dealkylation sites (N-methyl/N-ethyl adjacent to an activating group) is 1. The van der Waals surface area contributed by atoms with E-state index in [1.807, 2.05) is 12.1 Å². The van der Waals surface area contributed by atoms with Crippen molar-refractivity contribution in [1.29, 1.82) is 0 Å². The van der Waals surface area contributed by atoms with Crippen LogP contribution in [0.4, 0.5) is 4.39 Å². The predicted molar refractivity (Wildman–Crippen MR) is 121 cm³/mol. The van der Waals surface area contributed by atoms with Crippen molar-refractivity contribution in [2.75, 3.05) is 27.2 Å². The molecule has 1 aromatic rings. The lowest BCUT2D eigenvalue weighted by Crippen LogP contribution is -2.62. The van der Waals surface area contributed by atoms with E-state index in [0.717, 1.165) is 62.0 Å². The fourth-order valence-corrected chi connectivity index (χ4v) is 7.54. The van der Waals surface area contributed by atoms with Crippen molar-refractivity contribution in [3.63, 3.8) is 0 Å². The standard InChI is InChI=1S/C26H36FN3O2/c1-28(2)25(32)23-4-3-9-29(23)17-24(31)30(16-18-5-7-22(27)8-6-18)26-13-19-10-20(14-26)12-21(11-19)15-26/h5-8,19-21,23H,3-4,9-17H2,1-2H3. The molecule has 6 heteroatoms. The smallest absolute Gasteiger partial charge is 0.239 e. The van der Waals surface area contributed by atoms with Gasteiger partial charge in [-0.25, -0.2) is 4.39 Å². The van der Waals surface area contributed by atoms with E-state index in [9.17, 15) is 14.0 Å². The van der Waals surface area contributed by atoms with E-state index in [4.69, 9.17) is 0 Å². The van der Waals surface area contributed by atoms with E-state index >= 15 is 0 Å². The fourth-order valence-electron chi connectivity index (χ4n) is 7.54. The largest absolute Gasteiger partial charge is 0.347 e. The first-order chi connectivity index (χ1) is 15.3. The Morgan fingerprint density at radius 1 is 1.03 bits per heavy atom. The van der Waals surface area contributed by atoms with Gasteiger partial charge in [0, 0.05) is 26.2 Å². The second-order valence-corrected chi connectivity index (χ2v) is 11.1. The van der Waals surface area contributed by atoms with Gasteiger partial charge in [-0.05, 0) is 93.4 Å². The molecule has 1 unspecified atom stereocenters. The molecular formula is C26H36FN3O2. The number of carbonyl (C=O) groups is 2. The molecule has 1 aromatic carbocycles. The van der Waals surface area contributed by atoms with Crippen LogP contribution in [0.3, 0.4) is 0 Å². The minimum absolute atomic E-state index is 0.0685. The van der Waals surface area contributed by atoms with Crippen molar-refractivity contribution < 1.29 is 14.0 Å². The molecule has 4 aliphatic carbocycles. The molecule has 0 aromatic heterocycles. The summed E-state index contributed by atoms with van der Waals surface area (Å²) in [7, 11) is 3.58. The van der Waals surface area contributed by atoms with Crippen LogP contribution in [0.5, 0.6) is 0 Å². The van der Waals surface area contributed by atoms with Crippen LogP contribution in [0.15, 0.2) is 24.3 Å². The highest BCUT2D eigenvalue weighted by atomic mass is 19.1. The number of likely N-dealkylation sites (tertiary alicyclic amines) is 1. The second kappa shape index (κ2) is 8.44. The highest BCUT2D eigenvalue weighted by molar-refractivity contribution is 5.84. The van der Waals surface area contributed by atoms with E-state index in [1.54, 1.807) is 19.0 Å². The number of hydrogen-bond acceptors (Lipinski definition) is 3.